The first kappa shape index (κ1) is 23.7. The van der Waals surface area contributed by atoms with Gasteiger partial charge < -0.3 is 9.64 Å². The summed E-state index contributed by atoms with van der Waals surface area (Å²) in [5.41, 5.74) is 0. The molecule has 0 aliphatic heterocycles. The number of aromatic nitrogens is 3. The molecule has 0 fully saturated rings. The van der Waals surface area contributed by atoms with E-state index in [-0.39, 0.29) is 32.8 Å². The molecule has 1 aromatic rings. The van der Waals surface area contributed by atoms with Crippen molar-refractivity contribution in [1.29, 1.82) is 0 Å². The quantitative estimate of drug-likeness (QED) is 0.343. The molecule has 1 amide bonds. The third-order valence-electron chi connectivity index (χ3n) is 3.67. The largest absolute Gasteiger partial charge is 0.380 e. The lowest BCUT2D eigenvalue weighted by molar-refractivity contribution is 0.121. The van der Waals surface area contributed by atoms with Gasteiger partial charge in [-0.3, -0.25) is 0 Å². The third kappa shape index (κ3) is 6.70. The number of unbranched alkanes of at least 4 members (excludes halogenated alkanes) is 1. The molecule has 0 saturated heterocycles. The van der Waals surface area contributed by atoms with Crippen molar-refractivity contribution in [2.24, 2.45) is 0 Å². The van der Waals surface area contributed by atoms with Crippen molar-refractivity contribution in [3.8, 4) is 0 Å². The average Bonchev–Trinajstić information content (AvgIpc) is 3.17. The molecule has 1 heterocycles. The monoisotopic (exact) mass is 411 g/mol. The van der Waals surface area contributed by atoms with E-state index < -0.39 is 21.2 Å². The van der Waals surface area contributed by atoms with E-state index in [1.54, 1.807) is 12.2 Å². The Labute approximate surface area is 167 Å². The Bertz CT molecular complexity index is 750. The molecule has 0 N–H and O–H groups in total. The van der Waals surface area contributed by atoms with E-state index in [2.05, 4.69) is 29.8 Å². The van der Waals surface area contributed by atoms with Crippen molar-refractivity contribution in [3.05, 3.63) is 44.3 Å². The molecule has 0 aromatic carbocycles. The van der Waals surface area contributed by atoms with Crippen molar-refractivity contribution >= 4 is 16.1 Å². The summed E-state index contributed by atoms with van der Waals surface area (Å²) >= 11 is 0. The standard InChI is InChI=1S/C18H29N5O4S/c1-5-9-14-27-15-13-22(12-8-4)28(25,26)17-19-16-23(20-17)18(24)21(10-6-2)11-7-3/h6-8,16H,2-5,9-15H2,1H3. The molecule has 9 nitrogen and oxygen atoms in total. The molecule has 0 spiro atoms. The number of carbonyl (C=O) groups excluding carboxylic acids is 1. The van der Waals surface area contributed by atoms with E-state index in [9.17, 15) is 13.2 Å². The molecule has 0 aliphatic rings. The lowest BCUT2D eigenvalue weighted by Crippen LogP contribution is -2.36. The van der Waals surface area contributed by atoms with Gasteiger partial charge in [-0.05, 0) is 6.42 Å². The van der Waals surface area contributed by atoms with Crippen LogP contribution < -0.4 is 0 Å². The Morgan fingerprint density at radius 3 is 2.39 bits per heavy atom. The predicted molar refractivity (Wildman–Crippen MR) is 107 cm³/mol. The lowest BCUT2D eigenvalue weighted by atomic mass is 10.4. The van der Waals surface area contributed by atoms with Crippen LogP contribution in [0, 0.1) is 0 Å². The van der Waals surface area contributed by atoms with Gasteiger partial charge in [0.25, 0.3) is 15.2 Å². The maximum absolute atomic E-state index is 12.8. The fraction of sp³-hybridized carbons (Fsp3) is 0.500. The number of rotatable bonds is 14. The van der Waals surface area contributed by atoms with Crippen LogP contribution >= 0.6 is 0 Å². The normalized spacial score (nSPS) is 11.4. The Kier molecular flexibility index (Phi) is 10.4. The maximum atomic E-state index is 12.8. The summed E-state index contributed by atoms with van der Waals surface area (Å²) in [5.74, 6) is 0. The zero-order chi connectivity index (χ0) is 21.0. The van der Waals surface area contributed by atoms with Crippen LogP contribution in [0.25, 0.3) is 0 Å². The zero-order valence-corrected chi connectivity index (χ0v) is 17.2. The molecular weight excluding hydrogens is 382 g/mol. The van der Waals surface area contributed by atoms with Gasteiger partial charge in [-0.25, -0.2) is 18.2 Å². The molecule has 10 heteroatoms. The van der Waals surface area contributed by atoms with Gasteiger partial charge in [-0.1, -0.05) is 31.6 Å². The van der Waals surface area contributed by atoms with E-state index >= 15 is 0 Å². The number of hydrogen-bond donors (Lipinski definition) is 0. The van der Waals surface area contributed by atoms with Crippen molar-refractivity contribution < 1.29 is 17.9 Å². The summed E-state index contributed by atoms with van der Waals surface area (Å²) in [6, 6.07) is -0.521. The van der Waals surface area contributed by atoms with Crippen molar-refractivity contribution in [2.75, 3.05) is 39.4 Å². The van der Waals surface area contributed by atoms with Crippen LogP contribution in [0.15, 0.2) is 49.4 Å². The topological polar surface area (TPSA) is 97.6 Å². The summed E-state index contributed by atoms with van der Waals surface area (Å²) in [4.78, 5) is 17.7. The Morgan fingerprint density at radius 1 is 1.18 bits per heavy atom. The molecule has 0 unspecified atom stereocenters. The molecule has 1 aromatic heterocycles. The van der Waals surface area contributed by atoms with Gasteiger partial charge in [0.2, 0.25) is 0 Å². The second kappa shape index (κ2) is 12.2. The van der Waals surface area contributed by atoms with Gasteiger partial charge in [0.05, 0.1) is 6.61 Å². The minimum Gasteiger partial charge on any atom is -0.380 e. The summed E-state index contributed by atoms with van der Waals surface area (Å²) in [5, 5.41) is 3.42. The number of ether oxygens (including phenoxy) is 1. The fourth-order valence-electron chi connectivity index (χ4n) is 2.23. The van der Waals surface area contributed by atoms with E-state index in [0.29, 0.717) is 6.61 Å². The van der Waals surface area contributed by atoms with E-state index in [0.717, 1.165) is 23.9 Å². The summed E-state index contributed by atoms with van der Waals surface area (Å²) in [6.45, 7) is 14.4. The first-order valence-corrected chi connectivity index (χ1v) is 10.5. The number of carbonyl (C=O) groups is 1. The number of hydrogen-bond acceptors (Lipinski definition) is 6. The molecular formula is C18H29N5O4S. The van der Waals surface area contributed by atoms with E-state index in [4.69, 9.17) is 4.74 Å². The van der Waals surface area contributed by atoms with Gasteiger partial charge in [-0.15, -0.1) is 24.8 Å². The Balaban J connectivity index is 2.93. The van der Waals surface area contributed by atoms with Gasteiger partial charge in [-0.2, -0.15) is 8.99 Å². The highest BCUT2D eigenvalue weighted by Crippen LogP contribution is 2.11. The van der Waals surface area contributed by atoms with Crippen LogP contribution in [0.5, 0.6) is 0 Å². The number of nitrogens with zero attached hydrogens (tertiary/aromatic N) is 5. The van der Waals surface area contributed by atoms with Gasteiger partial charge in [0.15, 0.2) is 0 Å². The highest BCUT2D eigenvalue weighted by atomic mass is 32.2. The third-order valence-corrected chi connectivity index (χ3v) is 5.33. The molecule has 0 radical (unpaired) electrons. The van der Waals surface area contributed by atoms with Gasteiger partial charge in [0.1, 0.15) is 6.33 Å². The summed E-state index contributed by atoms with van der Waals surface area (Å²) < 4.78 is 33.2. The van der Waals surface area contributed by atoms with Crippen molar-refractivity contribution in [3.63, 3.8) is 0 Å². The highest BCUT2D eigenvalue weighted by molar-refractivity contribution is 7.88. The number of amides is 1. The Hall–Kier alpha value is -2.30. The van der Waals surface area contributed by atoms with E-state index in [1.165, 1.54) is 15.3 Å². The molecule has 1 rings (SSSR count). The van der Waals surface area contributed by atoms with Crippen LogP contribution in [0.3, 0.4) is 0 Å². The number of sulfonamides is 1. The highest BCUT2D eigenvalue weighted by Gasteiger charge is 2.29. The summed E-state index contributed by atoms with van der Waals surface area (Å²) in [7, 11) is -3.99. The SMILES string of the molecule is C=CCN(CC=C)C(=O)n1cnc(S(=O)(=O)N(CC=C)CCOCCCC)n1. The second-order valence-corrected chi connectivity index (χ2v) is 7.69. The minimum absolute atomic E-state index is 0.0843. The maximum Gasteiger partial charge on any atom is 0.346 e. The van der Waals surface area contributed by atoms with E-state index in [1.807, 2.05) is 6.92 Å². The lowest BCUT2D eigenvalue weighted by Gasteiger charge is -2.19. The minimum atomic E-state index is -3.99. The Morgan fingerprint density at radius 2 is 1.82 bits per heavy atom. The first-order valence-electron chi connectivity index (χ1n) is 9.03. The zero-order valence-electron chi connectivity index (χ0n) is 16.4. The summed E-state index contributed by atoms with van der Waals surface area (Å²) in [6.07, 6.45) is 7.58. The average molecular weight is 412 g/mol. The molecule has 0 saturated carbocycles. The van der Waals surface area contributed by atoms with Gasteiger partial charge >= 0.3 is 6.03 Å². The molecule has 156 valence electrons. The molecule has 0 atom stereocenters. The van der Waals surface area contributed by atoms with Crippen molar-refractivity contribution in [2.45, 2.75) is 24.9 Å². The first-order chi connectivity index (χ1) is 13.4. The second-order valence-electron chi connectivity index (χ2n) is 5.85. The van der Waals surface area contributed by atoms with Crippen molar-refractivity contribution in [1.82, 2.24) is 24.0 Å². The predicted octanol–water partition coefficient (Wildman–Crippen LogP) is 1.91. The van der Waals surface area contributed by atoms with Crippen LogP contribution in [0.2, 0.25) is 0 Å². The molecule has 0 bridgehead atoms. The fourth-order valence-corrected chi connectivity index (χ4v) is 3.45. The molecule has 0 aliphatic carbocycles. The molecule has 28 heavy (non-hydrogen) atoms. The van der Waals surface area contributed by atoms with Gasteiger partial charge in [0, 0.05) is 32.8 Å². The van der Waals surface area contributed by atoms with Crippen LogP contribution in [-0.4, -0.2) is 77.8 Å². The van der Waals surface area contributed by atoms with Crippen LogP contribution in [-0.2, 0) is 14.8 Å². The van der Waals surface area contributed by atoms with Crippen LogP contribution in [0.1, 0.15) is 19.8 Å². The van der Waals surface area contributed by atoms with Crippen LogP contribution in [0.4, 0.5) is 4.79 Å². The smallest absolute Gasteiger partial charge is 0.346 e.